The minimum atomic E-state index is -3.32. The van der Waals surface area contributed by atoms with Gasteiger partial charge in [-0.25, -0.2) is 8.42 Å². The summed E-state index contributed by atoms with van der Waals surface area (Å²) < 4.78 is 25.6. The summed E-state index contributed by atoms with van der Waals surface area (Å²) >= 11 is 0. The van der Waals surface area contributed by atoms with Gasteiger partial charge in [-0.15, -0.1) is 0 Å². The van der Waals surface area contributed by atoms with Gasteiger partial charge in [-0.3, -0.25) is 0 Å². The molecule has 2 atom stereocenters. The van der Waals surface area contributed by atoms with E-state index in [1.165, 1.54) is 4.31 Å². The fourth-order valence-corrected chi connectivity index (χ4v) is 3.35. The Morgan fingerprint density at radius 3 is 2.56 bits per heavy atom. The third kappa shape index (κ3) is 2.74. The van der Waals surface area contributed by atoms with Gasteiger partial charge in [0.1, 0.15) is 0 Å². The molecule has 0 aromatic rings. The largest absolute Gasteiger partial charge is 0.395 e. The molecule has 0 aromatic heterocycles. The Morgan fingerprint density at radius 1 is 1.44 bits per heavy atom. The van der Waals surface area contributed by atoms with Crippen molar-refractivity contribution in [2.24, 2.45) is 0 Å². The first-order valence-corrected chi connectivity index (χ1v) is 7.23. The highest BCUT2D eigenvalue weighted by molar-refractivity contribution is 7.89. The van der Waals surface area contributed by atoms with Gasteiger partial charge in [-0.2, -0.15) is 4.31 Å². The number of likely N-dealkylation sites (N-methyl/N-ethyl adjacent to an activating group) is 1. The number of piperazine rings is 1. The van der Waals surface area contributed by atoms with Crippen molar-refractivity contribution in [1.82, 2.24) is 9.21 Å². The minimum absolute atomic E-state index is 0.286. The molecule has 0 aromatic carbocycles. The lowest BCUT2D eigenvalue weighted by Crippen LogP contribution is -2.54. The summed E-state index contributed by atoms with van der Waals surface area (Å²) in [6, 6.07) is 0.286. The van der Waals surface area contributed by atoms with E-state index in [9.17, 15) is 8.42 Å². The number of rotatable bonds is 4. The minimum Gasteiger partial charge on any atom is -0.395 e. The van der Waals surface area contributed by atoms with E-state index < -0.39 is 15.3 Å². The van der Waals surface area contributed by atoms with E-state index in [0.717, 1.165) is 13.0 Å². The standard InChI is InChI=1S/C10H22N2O3S/c1-4-10-7-12(6-5-11(10)3)16(14,15)9(2)8-13/h9-10,13H,4-8H2,1-3H3. The summed E-state index contributed by atoms with van der Waals surface area (Å²) in [7, 11) is -1.30. The lowest BCUT2D eigenvalue weighted by molar-refractivity contribution is 0.142. The molecule has 1 saturated heterocycles. The topological polar surface area (TPSA) is 60.9 Å². The van der Waals surface area contributed by atoms with Crippen LogP contribution in [0.2, 0.25) is 0 Å². The average molecular weight is 250 g/mol. The molecule has 1 rings (SSSR count). The van der Waals surface area contributed by atoms with E-state index in [1.54, 1.807) is 6.92 Å². The maximum absolute atomic E-state index is 12.0. The van der Waals surface area contributed by atoms with Gasteiger partial charge in [0.25, 0.3) is 0 Å². The Morgan fingerprint density at radius 2 is 2.06 bits per heavy atom. The van der Waals surface area contributed by atoms with Gasteiger partial charge < -0.3 is 10.0 Å². The molecular weight excluding hydrogens is 228 g/mol. The van der Waals surface area contributed by atoms with Crippen LogP contribution in [-0.4, -0.2) is 67.3 Å². The molecule has 0 bridgehead atoms. The zero-order valence-corrected chi connectivity index (χ0v) is 11.1. The van der Waals surface area contributed by atoms with Gasteiger partial charge in [-0.05, 0) is 20.4 Å². The number of sulfonamides is 1. The number of hydrogen-bond acceptors (Lipinski definition) is 4. The fraction of sp³-hybridized carbons (Fsp3) is 1.00. The molecule has 0 amide bonds. The summed E-state index contributed by atoms with van der Waals surface area (Å²) in [6.45, 7) is 5.13. The zero-order valence-electron chi connectivity index (χ0n) is 10.3. The average Bonchev–Trinajstić information content (AvgIpc) is 2.28. The smallest absolute Gasteiger partial charge is 0.219 e. The highest BCUT2D eigenvalue weighted by Gasteiger charge is 2.33. The SMILES string of the molecule is CCC1CN(S(=O)(=O)C(C)CO)CCN1C. The number of aliphatic hydroxyl groups is 1. The molecule has 2 unspecified atom stereocenters. The Balaban J connectivity index is 2.75. The predicted octanol–water partition coefficient (Wildman–Crippen LogP) is -0.277. The molecule has 0 aliphatic carbocycles. The van der Waals surface area contributed by atoms with Gasteiger partial charge in [-0.1, -0.05) is 6.92 Å². The Labute approximate surface area is 98.1 Å². The van der Waals surface area contributed by atoms with Crippen LogP contribution in [0.25, 0.3) is 0 Å². The van der Waals surface area contributed by atoms with Crippen LogP contribution in [0.1, 0.15) is 20.3 Å². The molecule has 6 heteroatoms. The van der Waals surface area contributed by atoms with Crippen LogP contribution >= 0.6 is 0 Å². The molecule has 1 heterocycles. The molecule has 1 N–H and O–H groups in total. The van der Waals surface area contributed by atoms with Gasteiger partial charge >= 0.3 is 0 Å². The number of aliphatic hydroxyl groups excluding tert-OH is 1. The lowest BCUT2D eigenvalue weighted by Gasteiger charge is -2.39. The van der Waals surface area contributed by atoms with E-state index in [4.69, 9.17) is 5.11 Å². The second-order valence-corrected chi connectivity index (χ2v) is 6.79. The molecule has 0 saturated carbocycles. The Hall–Kier alpha value is -0.170. The van der Waals surface area contributed by atoms with Crippen LogP contribution in [0.4, 0.5) is 0 Å². The van der Waals surface area contributed by atoms with Crippen LogP contribution in [0, 0.1) is 0 Å². The van der Waals surface area contributed by atoms with E-state index in [2.05, 4.69) is 11.8 Å². The Bertz CT molecular complexity index is 318. The monoisotopic (exact) mass is 250 g/mol. The van der Waals surface area contributed by atoms with Gasteiger partial charge in [0.2, 0.25) is 10.0 Å². The van der Waals surface area contributed by atoms with E-state index in [0.29, 0.717) is 13.1 Å². The maximum Gasteiger partial charge on any atom is 0.219 e. The van der Waals surface area contributed by atoms with E-state index in [1.807, 2.05) is 7.05 Å². The third-order valence-electron chi connectivity index (χ3n) is 3.34. The molecule has 96 valence electrons. The van der Waals surface area contributed by atoms with Crippen molar-refractivity contribution in [3.8, 4) is 0 Å². The maximum atomic E-state index is 12.0. The van der Waals surface area contributed by atoms with Crippen molar-refractivity contribution in [3.05, 3.63) is 0 Å². The second-order valence-electron chi connectivity index (χ2n) is 4.44. The molecule has 0 radical (unpaired) electrons. The summed E-state index contributed by atoms with van der Waals surface area (Å²) in [5, 5.41) is 8.26. The second kappa shape index (κ2) is 5.44. The van der Waals surface area contributed by atoms with Gasteiger partial charge in [0.15, 0.2) is 0 Å². The first-order valence-electron chi connectivity index (χ1n) is 5.73. The first kappa shape index (κ1) is 13.9. The van der Waals surface area contributed by atoms with Crippen LogP contribution in [0.5, 0.6) is 0 Å². The van der Waals surface area contributed by atoms with Gasteiger partial charge in [0.05, 0.1) is 11.9 Å². The van der Waals surface area contributed by atoms with Crippen molar-refractivity contribution >= 4 is 10.0 Å². The Kier molecular flexibility index (Phi) is 4.73. The predicted molar refractivity (Wildman–Crippen MR) is 63.7 cm³/mol. The van der Waals surface area contributed by atoms with Crippen molar-refractivity contribution in [2.75, 3.05) is 33.3 Å². The van der Waals surface area contributed by atoms with Crippen molar-refractivity contribution in [3.63, 3.8) is 0 Å². The lowest BCUT2D eigenvalue weighted by atomic mass is 10.1. The summed E-state index contributed by atoms with van der Waals surface area (Å²) in [4.78, 5) is 2.19. The van der Waals surface area contributed by atoms with Crippen LogP contribution < -0.4 is 0 Å². The first-order chi connectivity index (χ1) is 7.43. The molecule has 1 aliphatic rings. The van der Waals surface area contributed by atoms with Crippen LogP contribution in [0.3, 0.4) is 0 Å². The van der Waals surface area contributed by atoms with E-state index >= 15 is 0 Å². The van der Waals surface area contributed by atoms with Crippen molar-refractivity contribution in [1.29, 1.82) is 0 Å². The van der Waals surface area contributed by atoms with Crippen molar-refractivity contribution in [2.45, 2.75) is 31.6 Å². The molecule has 1 fully saturated rings. The summed E-state index contributed by atoms with van der Waals surface area (Å²) in [5.74, 6) is 0. The molecule has 1 aliphatic heterocycles. The molecule has 0 spiro atoms. The fourth-order valence-electron chi connectivity index (χ4n) is 1.94. The highest BCUT2D eigenvalue weighted by Crippen LogP contribution is 2.16. The normalized spacial score (nSPS) is 26.9. The summed E-state index contributed by atoms with van der Waals surface area (Å²) in [5.41, 5.74) is 0. The third-order valence-corrected chi connectivity index (χ3v) is 5.55. The van der Waals surface area contributed by atoms with E-state index in [-0.39, 0.29) is 12.6 Å². The van der Waals surface area contributed by atoms with Crippen LogP contribution in [0.15, 0.2) is 0 Å². The quantitative estimate of drug-likeness (QED) is 0.746. The van der Waals surface area contributed by atoms with Crippen LogP contribution in [-0.2, 0) is 10.0 Å². The number of nitrogens with zero attached hydrogens (tertiary/aromatic N) is 2. The molecular formula is C10H22N2O3S. The number of hydrogen-bond donors (Lipinski definition) is 1. The molecule has 5 nitrogen and oxygen atoms in total. The van der Waals surface area contributed by atoms with Gasteiger partial charge in [0, 0.05) is 25.7 Å². The molecule has 16 heavy (non-hydrogen) atoms. The summed E-state index contributed by atoms with van der Waals surface area (Å²) in [6.07, 6.45) is 0.941. The van der Waals surface area contributed by atoms with Crippen molar-refractivity contribution < 1.29 is 13.5 Å². The highest BCUT2D eigenvalue weighted by atomic mass is 32.2. The zero-order chi connectivity index (χ0) is 12.3.